The Balaban J connectivity index is 1.79. The van der Waals surface area contributed by atoms with E-state index in [1.807, 2.05) is 0 Å². The number of esters is 1. The molecule has 3 aromatic carbocycles. The lowest BCUT2D eigenvalue weighted by atomic mass is 9.75. The zero-order chi connectivity index (χ0) is 42.7. The molecule has 0 spiro atoms. The minimum absolute atomic E-state index is 0.00172. The van der Waals surface area contributed by atoms with Crippen molar-refractivity contribution in [3.05, 3.63) is 82.4 Å². The number of nitrogens with zero attached hydrogens (tertiary/aromatic N) is 1. The number of carbonyl (C=O) groups excluding carboxylic acids is 5. The molecule has 312 valence electrons. The molecule has 3 atom stereocenters. The molecule has 4 bridgehead atoms. The van der Waals surface area contributed by atoms with Crippen molar-refractivity contribution in [3.8, 4) is 22.6 Å². The van der Waals surface area contributed by atoms with E-state index in [9.17, 15) is 34.0 Å². The standard InChI is InChI=1S/C40H54BN7O10/c1-23-18-26(39(53)58-40(2,3)4)7-9-27(23)36(50)46-30(12-13-42)38(52)48(5)35-25-8-11-32(57-17-15-44)29(21-25)28-19-24(6-10-31(28)56-16-14-43)20-33(41(54)55)47-34(49)22-45-37(35)51/h6-11,18-19,21,30,33,35,54-55H,12-17,20,22,42-44H2,1-5H3,(H,45,51)(H,46,50)(H,47,49)/t30-,33-,35-/m0/s1. The molecule has 0 aromatic heterocycles. The summed E-state index contributed by atoms with van der Waals surface area (Å²) in [6.07, 6.45) is -0.000940. The number of rotatable bonds is 14. The highest BCUT2D eigenvalue weighted by Gasteiger charge is 2.35. The van der Waals surface area contributed by atoms with Crippen molar-refractivity contribution in [2.75, 3.05) is 46.4 Å². The van der Waals surface area contributed by atoms with E-state index in [-0.39, 0.29) is 56.8 Å². The minimum atomic E-state index is -1.95. The van der Waals surface area contributed by atoms with Gasteiger partial charge >= 0.3 is 13.1 Å². The molecule has 1 heterocycles. The number of amides is 4. The monoisotopic (exact) mass is 803 g/mol. The van der Waals surface area contributed by atoms with Crippen LogP contribution in [0.2, 0.25) is 0 Å². The van der Waals surface area contributed by atoms with Gasteiger partial charge in [-0.3, -0.25) is 19.2 Å². The zero-order valence-electron chi connectivity index (χ0n) is 33.5. The Morgan fingerprint density at radius 1 is 0.931 bits per heavy atom. The average molecular weight is 804 g/mol. The first-order valence-electron chi connectivity index (χ1n) is 19.0. The number of aryl methyl sites for hydroxylation is 1. The maximum Gasteiger partial charge on any atom is 0.475 e. The molecule has 17 nitrogen and oxygen atoms in total. The first-order valence-corrected chi connectivity index (χ1v) is 19.0. The summed E-state index contributed by atoms with van der Waals surface area (Å²) in [5, 5.41) is 28.2. The Hall–Kier alpha value is -5.53. The van der Waals surface area contributed by atoms with Crippen molar-refractivity contribution in [1.29, 1.82) is 0 Å². The van der Waals surface area contributed by atoms with Gasteiger partial charge in [0.25, 0.3) is 5.91 Å². The second-order valence-electron chi connectivity index (χ2n) is 14.9. The summed E-state index contributed by atoms with van der Waals surface area (Å²) < 4.78 is 17.5. The Kier molecular flexibility index (Phi) is 15.8. The van der Waals surface area contributed by atoms with Gasteiger partial charge in [-0.15, -0.1) is 0 Å². The molecule has 1 aliphatic heterocycles. The Morgan fingerprint density at radius 3 is 2.16 bits per heavy atom. The lowest BCUT2D eigenvalue weighted by molar-refractivity contribution is -0.141. The number of likely N-dealkylation sites (N-methyl/N-ethyl adjacent to an activating group) is 1. The molecular formula is C40H54BN7O10. The number of ether oxygens (including phenoxy) is 3. The third-order valence-electron chi connectivity index (χ3n) is 9.14. The second-order valence-corrected chi connectivity index (χ2v) is 14.9. The quantitative estimate of drug-likeness (QED) is 0.0796. The van der Waals surface area contributed by atoms with Gasteiger partial charge in [-0.2, -0.15) is 0 Å². The summed E-state index contributed by atoms with van der Waals surface area (Å²) in [5.74, 6) is -3.71. The summed E-state index contributed by atoms with van der Waals surface area (Å²) in [7, 11) is -0.562. The van der Waals surface area contributed by atoms with Crippen LogP contribution in [-0.2, 0) is 25.5 Å². The van der Waals surface area contributed by atoms with Crippen molar-refractivity contribution in [3.63, 3.8) is 0 Å². The van der Waals surface area contributed by atoms with E-state index in [4.69, 9.17) is 31.4 Å². The van der Waals surface area contributed by atoms with Crippen LogP contribution < -0.4 is 42.6 Å². The Bertz CT molecular complexity index is 1970. The number of nitrogens with one attached hydrogen (secondary N) is 3. The molecule has 11 N–H and O–H groups in total. The van der Waals surface area contributed by atoms with Gasteiger partial charge in [0.1, 0.15) is 42.4 Å². The van der Waals surface area contributed by atoms with E-state index in [0.717, 1.165) is 4.90 Å². The Labute approximate surface area is 338 Å². The fourth-order valence-corrected chi connectivity index (χ4v) is 6.41. The van der Waals surface area contributed by atoms with Gasteiger partial charge in [0.15, 0.2) is 0 Å². The van der Waals surface area contributed by atoms with Crippen LogP contribution in [0.5, 0.6) is 11.5 Å². The molecule has 0 unspecified atom stereocenters. The third kappa shape index (κ3) is 11.8. The van der Waals surface area contributed by atoms with Crippen LogP contribution in [-0.4, -0.2) is 116 Å². The largest absolute Gasteiger partial charge is 0.492 e. The number of hydrogen-bond acceptors (Lipinski definition) is 13. The summed E-state index contributed by atoms with van der Waals surface area (Å²) in [5.41, 5.74) is 19.5. The van der Waals surface area contributed by atoms with Gasteiger partial charge in [0, 0.05) is 36.8 Å². The fourth-order valence-electron chi connectivity index (χ4n) is 6.41. The van der Waals surface area contributed by atoms with Crippen molar-refractivity contribution in [2.24, 2.45) is 17.2 Å². The molecule has 4 rings (SSSR count). The maximum atomic E-state index is 14.4. The van der Waals surface area contributed by atoms with Crippen LogP contribution >= 0.6 is 0 Å². The van der Waals surface area contributed by atoms with Crippen LogP contribution in [0.3, 0.4) is 0 Å². The highest BCUT2D eigenvalue weighted by atomic mass is 16.6. The summed E-state index contributed by atoms with van der Waals surface area (Å²) in [4.78, 5) is 69.1. The van der Waals surface area contributed by atoms with Gasteiger partial charge in [-0.25, -0.2) is 4.79 Å². The molecule has 0 fully saturated rings. The van der Waals surface area contributed by atoms with E-state index in [1.165, 1.54) is 25.2 Å². The van der Waals surface area contributed by atoms with Crippen molar-refractivity contribution in [1.82, 2.24) is 20.9 Å². The normalized spacial score (nSPS) is 16.2. The lowest BCUT2D eigenvalue weighted by Gasteiger charge is -2.32. The fraction of sp³-hybridized carbons (Fsp3) is 0.425. The predicted octanol–water partition coefficient (Wildman–Crippen LogP) is 0.108. The van der Waals surface area contributed by atoms with Crippen LogP contribution in [0.1, 0.15) is 70.6 Å². The van der Waals surface area contributed by atoms with E-state index >= 15 is 0 Å². The molecule has 0 saturated carbocycles. The lowest BCUT2D eigenvalue weighted by Crippen LogP contribution is -2.53. The second kappa shape index (κ2) is 20.3. The van der Waals surface area contributed by atoms with Crippen LogP contribution in [0.15, 0.2) is 54.6 Å². The number of benzene rings is 3. The van der Waals surface area contributed by atoms with Gasteiger partial charge in [0.2, 0.25) is 17.7 Å². The van der Waals surface area contributed by atoms with E-state index in [0.29, 0.717) is 39.3 Å². The maximum absolute atomic E-state index is 14.4. The van der Waals surface area contributed by atoms with E-state index in [1.54, 1.807) is 64.1 Å². The predicted molar refractivity (Wildman–Crippen MR) is 217 cm³/mol. The third-order valence-corrected chi connectivity index (χ3v) is 9.14. The smallest absolute Gasteiger partial charge is 0.475 e. The first-order chi connectivity index (χ1) is 27.5. The molecule has 1 aliphatic rings. The molecule has 58 heavy (non-hydrogen) atoms. The number of fused-ring (bicyclic) bond motifs is 5. The van der Waals surface area contributed by atoms with Crippen LogP contribution in [0.4, 0.5) is 0 Å². The van der Waals surface area contributed by atoms with Gasteiger partial charge < -0.3 is 62.3 Å². The highest BCUT2D eigenvalue weighted by Crippen LogP contribution is 2.40. The SMILES string of the molecule is Cc1cc(C(=O)OC(C)(C)C)ccc1C(=O)N[C@@H](CCN)C(=O)N(C)[C@@H]1C(=O)NCC(=O)N[C@H](B(O)O)Cc2ccc(OCCN)c(c2)-c2cc1ccc2OCCN. The minimum Gasteiger partial charge on any atom is -0.492 e. The molecule has 4 amide bonds. The first kappa shape index (κ1) is 45.2. The summed E-state index contributed by atoms with van der Waals surface area (Å²) in [6.45, 7) is 7.00. The molecule has 3 aromatic rings. The number of carbonyl (C=O) groups is 5. The van der Waals surface area contributed by atoms with Gasteiger partial charge in [-0.05, 0) is 106 Å². The van der Waals surface area contributed by atoms with Gasteiger partial charge in [-0.1, -0.05) is 12.1 Å². The van der Waals surface area contributed by atoms with Crippen LogP contribution in [0, 0.1) is 6.92 Å². The van der Waals surface area contributed by atoms with Crippen molar-refractivity contribution in [2.45, 2.75) is 64.2 Å². The van der Waals surface area contributed by atoms with Crippen molar-refractivity contribution < 1.29 is 48.2 Å². The van der Waals surface area contributed by atoms with Crippen LogP contribution in [0.25, 0.3) is 11.1 Å². The molecular weight excluding hydrogens is 749 g/mol. The number of nitrogens with two attached hydrogens (primary N) is 3. The molecule has 18 heteroatoms. The summed E-state index contributed by atoms with van der Waals surface area (Å²) in [6, 6.07) is 11.9. The Morgan fingerprint density at radius 2 is 1.57 bits per heavy atom. The molecule has 0 saturated heterocycles. The zero-order valence-corrected chi connectivity index (χ0v) is 33.5. The summed E-state index contributed by atoms with van der Waals surface area (Å²) >= 11 is 0. The van der Waals surface area contributed by atoms with Gasteiger partial charge in [0.05, 0.1) is 18.0 Å². The highest BCUT2D eigenvalue weighted by molar-refractivity contribution is 6.43. The molecule has 0 radical (unpaired) electrons. The van der Waals surface area contributed by atoms with Crippen molar-refractivity contribution >= 4 is 36.7 Å². The van der Waals surface area contributed by atoms with E-state index in [2.05, 4.69) is 16.0 Å². The molecule has 0 aliphatic carbocycles. The topological polar surface area (TPSA) is 271 Å². The number of hydrogen-bond donors (Lipinski definition) is 8. The van der Waals surface area contributed by atoms with E-state index < -0.39 is 66.9 Å². The average Bonchev–Trinajstić information content (AvgIpc) is 3.17.